The molecular formula is C16H22BrClN2. The largest absolute Gasteiger partial charge is 0.327 e. The molecule has 4 heteroatoms. The Morgan fingerprint density at radius 2 is 2.00 bits per heavy atom. The maximum atomic E-state index is 6.50. The standard InChI is InChI=1S/C16H22BrClN2/c1-20-13-4-5-14(20)7-11(6-13)16(19)8-10-2-3-12(17)9-15(10)18/h2-3,9,11,13-14,16H,4-8,19H2,1H3. The maximum absolute atomic E-state index is 6.50. The van der Waals surface area contributed by atoms with Crippen LogP contribution >= 0.6 is 27.5 Å². The van der Waals surface area contributed by atoms with Gasteiger partial charge in [0.2, 0.25) is 0 Å². The molecule has 0 spiro atoms. The van der Waals surface area contributed by atoms with Gasteiger partial charge in [0.1, 0.15) is 0 Å². The zero-order chi connectivity index (χ0) is 14.3. The Hall–Kier alpha value is -0.0900. The van der Waals surface area contributed by atoms with E-state index in [1.165, 1.54) is 31.2 Å². The fourth-order valence-corrected chi connectivity index (χ4v) is 4.66. The van der Waals surface area contributed by atoms with Crippen LogP contribution in [0.3, 0.4) is 0 Å². The highest BCUT2D eigenvalue weighted by atomic mass is 79.9. The Kier molecular flexibility index (Phi) is 4.42. The van der Waals surface area contributed by atoms with Gasteiger partial charge in [-0.1, -0.05) is 33.6 Å². The van der Waals surface area contributed by atoms with Crippen LogP contribution in [-0.2, 0) is 6.42 Å². The lowest BCUT2D eigenvalue weighted by Crippen LogP contribution is -2.46. The third-order valence-corrected chi connectivity index (χ3v) is 6.06. The predicted octanol–water partition coefficient (Wildman–Crippen LogP) is 3.85. The fourth-order valence-electron chi connectivity index (χ4n) is 3.91. The summed E-state index contributed by atoms with van der Waals surface area (Å²) >= 11 is 9.76. The monoisotopic (exact) mass is 356 g/mol. The molecule has 1 aromatic carbocycles. The van der Waals surface area contributed by atoms with Gasteiger partial charge < -0.3 is 10.6 Å². The van der Waals surface area contributed by atoms with Gasteiger partial charge in [-0.25, -0.2) is 0 Å². The minimum absolute atomic E-state index is 0.227. The highest BCUT2D eigenvalue weighted by Gasteiger charge is 2.40. The summed E-state index contributed by atoms with van der Waals surface area (Å²) in [4.78, 5) is 2.57. The number of fused-ring (bicyclic) bond motifs is 2. The van der Waals surface area contributed by atoms with E-state index < -0.39 is 0 Å². The first kappa shape index (κ1) is 14.8. The van der Waals surface area contributed by atoms with E-state index in [1.807, 2.05) is 12.1 Å². The molecule has 0 aliphatic carbocycles. The number of halogens is 2. The second-order valence-electron chi connectivity index (χ2n) is 6.39. The second kappa shape index (κ2) is 5.96. The van der Waals surface area contributed by atoms with Gasteiger partial charge >= 0.3 is 0 Å². The number of benzene rings is 1. The molecule has 0 amide bonds. The minimum atomic E-state index is 0.227. The summed E-state index contributed by atoms with van der Waals surface area (Å²) < 4.78 is 1.03. The fraction of sp³-hybridized carbons (Fsp3) is 0.625. The number of hydrogen-bond donors (Lipinski definition) is 1. The van der Waals surface area contributed by atoms with E-state index in [2.05, 4.69) is 33.9 Å². The molecule has 110 valence electrons. The van der Waals surface area contributed by atoms with Crippen molar-refractivity contribution in [1.29, 1.82) is 0 Å². The highest BCUT2D eigenvalue weighted by molar-refractivity contribution is 9.10. The molecule has 2 saturated heterocycles. The van der Waals surface area contributed by atoms with Crippen LogP contribution in [0.1, 0.15) is 31.2 Å². The van der Waals surface area contributed by atoms with E-state index in [0.717, 1.165) is 28.0 Å². The van der Waals surface area contributed by atoms with Crippen molar-refractivity contribution in [2.24, 2.45) is 11.7 Å². The van der Waals surface area contributed by atoms with Crippen molar-refractivity contribution >= 4 is 27.5 Å². The normalized spacial score (nSPS) is 31.5. The van der Waals surface area contributed by atoms with Crippen molar-refractivity contribution in [3.05, 3.63) is 33.3 Å². The highest BCUT2D eigenvalue weighted by Crippen LogP contribution is 2.39. The van der Waals surface area contributed by atoms with Crippen LogP contribution in [0.2, 0.25) is 5.02 Å². The summed E-state index contributed by atoms with van der Waals surface area (Å²) in [5.41, 5.74) is 7.67. The Balaban J connectivity index is 1.66. The Morgan fingerprint density at radius 1 is 1.35 bits per heavy atom. The molecule has 2 N–H and O–H groups in total. The van der Waals surface area contributed by atoms with Crippen molar-refractivity contribution in [2.45, 2.75) is 50.2 Å². The molecule has 1 aromatic rings. The smallest absolute Gasteiger partial charge is 0.0449 e. The van der Waals surface area contributed by atoms with Crippen molar-refractivity contribution in [3.63, 3.8) is 0 Å². The minimum Gasteiger partial charge on any atom is -0.327 e. The quantitative estimate of drug-likeness (QED) is 0.890. The summed E-state index contributed by atoms with van der Waals surface area (Å²) in [5.74, 6) is 0.642. The van der Waals surface area contributed by atoms with Crippen molar-refractivity contribution in [2.75, 3.05) is 7.05 Å². The van der Waals surface area contributed by atoms with Crippen molar-refractivity contribution < 1.29 is 0 Å². The molecule has 0 aromatic heterocycles. The average Bonchev–Trinajstić information content (AvgIpc) is 2.64. The van der Waals surface area contributed by atoms with E-state index >= 15 is 0 Å². The molecule has 2 nitrogen and oxygen atoms in total. The van der Waals surface area contributed by atoms with Crippen molar-refractivity contribution in [3.8, 4) is 0 Å². The molecular weight excluding hydrogens is 336 g/mol. The summed E-state index contributed by atoms with van der Waals surface area (Å²) in [5, 5.41) is 0.825. The van der Waals surface area contributed by atoms with Gasteiger partial charge in [-0.15, -0.1) is 0 Å². The van der Waals surface area contributed by atoms with E-state index in [1.54, 1.807) is 0 Å². The molecule has 2 aliphatic heterocycles. The van der Waals surface area contributed by atoms with Crippen molar-refractivity contribution in [1.82, 2.24) is 4.90 Å². The molecule has 2 bridgehead atoms. The molecule has 3 atom stereocenters. The van der Waals surface area contributed by atoms with Gasteiger partial charge in [0.15, 0.2) is 0 Å². The Labute approximate surface area is 134 Å². The second-order valence-corrected chi connectivity index (χ2v) is 7.71. The summed E-state index contributed by atoms with van der Waals surface area (Å²) in [6.07, 6.45) is 6.09. The predicted molar refractivity (Wildman–Crippen MR) is 88.1 cm³/mol. The topological polar surface area (TPSA) is 29.3 Å². The molecule has 20 heavy (non-hydrogen) atoms. The number of nitrogens with two attached hydrogens (primary N) is 1. The first-order valence-electron chi connectivity index (χ1n) is 7.46. The number of rotatable bonds is 3. The Bertz CT molecular complexity index is 479. The summed E-state index contributed by atoms with van der Waals surface area (Å²) in [6, 6.07) is 7.84. The zero-order valence-electron chi connectivity index (χ0n) is 11.9. The van der Waals surface area contributed by atoms with Gasteiger partial charge in [0.25, 0.3) is 0 Å². The lowest BCUT2D eigenvalue weighted by atomic mass is 9.83. The first-order valence-corrected chi connectivity index (χ1v) is 8.63. The molecule has 3 rings (SSSR count). The van der Waals surface area contributed by atoms with E-state index in [9.17, 15) is 0 Å². The molecule has 2 heterocycles. The van der Waals surface area contributed by atoms with E-state index in [-0.39, 0.29) is 6.04 Å². The van der Waals surface area contributed by atoms with E-state index in [4.69, 9.17) is 17.3 Å². The van der Waals surface area contributed by atoms with Crippen LogP contribution in [-0.4, -0.2) is 30.1 Å². The van der Waals surface area contributed by atoms with E-state index in [0.29, 0.717) is 5.92 Å². The molecule has 0 saturated carbocycles. The third kappa shape index (κ3) is 2.92. The number of nitrogens with zero attached hydrogens (tertiary/aromatic N) is 1. The third-order valence-electron chi connectivity index (χ3n) is 5.21. The average molecular weight is 358 g/mol. The van der Waals surface area contributed by atoms with Crippen LogP contribution in [0.5, 0.6) is 0 Å². The lowest BCUT2D eigenvalue weighted by Gasteiger charge is -2.38. The molecule has 2 aliphatic rings. The van der Waals surface area contributed by atoms with Crippen LogP contribution in [0.25, 0.3) is 0 Å². The van der Waals surface area contributed by atoms with Gasteiger partial charge in [-0.2, -0.15) is 0 Å². The van der Waals surface area contributed by atoms with Crippen LogP contribution in [0.4, 0.5) is 0 Å². The van der Waals surface area contributed by atoms with Gasteiger partial charge in [-0.3, -0.25) is 0 Å². The number of hydrogen-bond acceptors (Lipinski definition) is 2. The first-order chi connectivity index (χ1) is 9.54. The van der Waals surface area contributed by atoms with Crippen LogP contribution in [0.15, 0.2) is 22.7 Å². The number of piperidine rings is 1. The van der Waals surface area contributed by atoms with Gasteiger partial charge in [0.05, 0.1) is 0 Å². The zero-order valence-corrected chi connectivity index (χ0v) is 14.2. The van der Waals surface area contributed by atoms with Crippen LogP contribution < -0.4 is 5.73 Å². The molecule has 2 fully saturated rings. The summed E-state index contributed by atoms with van der Waals surface area (Å²) in [6.45, 7) is 0. The Morgan fingerprint density at radius 3 is 2.60 bits per heavy atom. The SMILES string of the molecule is CN1C2CCC1CC(C(N)Cc1ccc(Br)cc1Cl)C2. The summed E-state index contributed by atoms with van der Waals surface area (Å²) in [7, 11) is 2.27. The van der Waals surface area contributed by atoms with Crippen LogP contribution in [0, 0.1) is 5.92 Å². The lowest BCUT2D eigenvalue weighted by molar-refractivity contribution is 0.120. The maximum Gasteiger partial charge on any atom is 0.0449 e. The van der Waals surface area contributed by atoms with Gasteiger partial charge in [-0.05, 0) is 62.8 Å². The molecule has 0 radical (unpaired) electrons. The van der Waals surface area contributed by atoms with Gasteiger partial charge in [0, 0.05) is 27.6 Å². The molecule has 3 unspecified atom stereocenters.